The average Bonchev–Trinajstić information content (AvgIpc) is 1.46. The molecule has 5 aliphatic rings. The van der Waals surface area contributed by atoms with Crippen molar-refractivity contribution < 1.29 is 55.5 Å². The zero-order valence-corrected chi connectivity index (χ0v) is 51.3. The van der Waals surface area contributed by atoms with Gasteiger partial charge in [0.25, 0.3) is 10.1 Å². The van der Waals surface area contributed by atoms with Crippen LogP contribution in [0.4, 0.5) is 5.69 Å². The first-order chi connectivity index (χ1) is 39.0. The predicted molar refractivity (Wildman–Crippen MR) is 317 cm³/mol. The van der Waals surface area contributed by atoms with Crippen LogP contribution in [0.15, 0.2) is 108 Å². The van der Waals surface area contributed by atoms with E-state index in [0.29, 0.717) is 81.1 Å². The third-order valence-electron chi connectivity index (χ3n) is 18.8. The first kappa shape index (κ1) is 59.3. The van der Waals surface area contributed by atoms with Gasteiger partial charge >= 0.3 is 17.9 Å². The number of rotatable bonds is 17. The van der Waals surface area contributed by atoms with Crippen LogP contribution < -0.4 is 9.64 Å². The van der Waals surface area contributed by atoms with Crippen LogP contribution in [0, 0.1) is 18.3 Å². The van der Waals surface area contributed by atoms with Gasteiger partial charge in [0.2, 0.25) is 5.60 Å². The number of esters is 3. The second-order valence-corrected chi connectivity index (χ2v) is 30.8. The molecule has 1 saturated carbocycles. The molecule has 440 valence electrons. The van der Waals surface area contributed by atoms with Crippen LogP contribution in [0.1, 0.15) is 92.8 Å². The highest BCUT2D eigenvalue weighted by Gasteiger charge is 2.80. The summed E-state index contributed by atoms with van der Waals surface area (Å²) < 4.78 is 66.7. The lowest BCUT2D eigenvalue weighted by molar-refractivity contribution is -0.228. The SMILES string of the molecule is CC[C@@](COS(=O)(=O)c1ccc(C)cc1)(C[C@@H]1CN(Cc2ccccc2)CCCc2c([nH]c3ccccc23)[C@@](C(=O)OC)(c2cc3c(cc2OC)N(C)[C@H]2[C@@](O)(C(=O)OC)[C@H](OC(C)=O)[C@]4(CC)C=CCN5CC[C@]32[C@@H]54)C1)O[Si](C)(C)C. The van der Waals surface area contributed by atoms with E-state index in [0.717, 1.165) is 39.6 Å². The molecule has 4 aliphatic heterocycles. The molecule has 1 aliphatic carbocycles. The minimum absolute atomic E-state index is 0.0478. The number of aliphatic hydroxyl groups is 1. The first-order valence-corrected chi connectivity index (χ1v) is 33.8. The smallest absolute Gasteiger partial charge is 0.344 e. The van der Waals surface area contributed by atoms with Crippen LogP contribution >= 0.6 is 0 Å². The molecule has 9 atom stereocenters. The number of nitrogens with one attached hydrogen (secondary N) is 1. The van der Waals surface area contributed by atoms with E-state index in [-0.39, 0.29) is 24.3 Å². The largest absolute Gasteiger partial charge is 0.496 e. The summed E-state index contributed by atoms with van der Waals surface area (Å²) in [5, 5.41) is 14.7. The first-order valence-electron chi connectivity index (χ1n) is 29.0. The van der Waals surface area contributed by atoms with Gasteiger partial charge in [-0.05, 0) is 131 Å². The van der Waals surface area contributed by atoms with Crippen molar-refractivity contribution in [3.63, 3.8) is 0 Å². The van der Waals surface area contributed by atoms with Gasteiger partial charge in [-0.2, -0.15) is 8.42 Å². The molecule has 10 rings (SSSR count). The van der Waals surface area contributed by atoms with Crippen molar-refractivity contribution >= 4 is 52.9 Å². The number of carbonyl (C=O) groups is 3. The number of carbonyl (C=O) groups excluding carboxylic acids is 3. The normalized spacial score (nSPS) is 28.1. The zero-order valence-electron chi connectivity index (χ0n) is 49.5. The van der Waals surface area contributed by atoms with Gasteiger partial charge in [-0.1, -0.05) is 92.2 Å². The molecule has 5 heterocycles. The van der Waals surface area contributed by atoms with Crippen LogP contribution in [0.5, 0.6) is 5.75 Å². The molecule has 0 radical (unpaired) electrons. The summed E-state index contributed by atoms with van der Waals surface area (Å²) in [6.45, 7) is 16.2. The van der Waals surface area contributed by atoms with Gasteiger partial charge < -0.3 is 38.4 Å². The number of aromatic nitrogens is 1. The number of ether oxygens (including phenoxy) is 4. The molecule has 16 nitrogen and oxygen atoms in total. The Kier molecular flexibility index (Phi) is 16.1. The van der Waals surface area contributed by atoms with Crippen LogP contribution in [-0.2, 0) is 71.1 Å². The highest BCUT2D eigenvalue weighted by molar-refractivity contribution is 7.86. The number of aromatic amines is 1. The van der Waals surface area contributed by atoms with Crippen molar-refractivity contribution in [1.29, 1.82) is 0 Å². The van der Waals surface area contributed by atoms with E-state index in [2.05, 4.69) is 58.7 Å². The molecule has 0 unspecified atom stereocenters. The summed E-state index contributed by atoms with van der Waals surface area (Å²) in [7, 11) is -0.677. The maximum absolute atomic E-state index is 16.4. The summed E-state index contributed by atoms with van der Waals surface area (Å²) in [6.07, 6.45) is 5.78. The number of aryl methyl sites for hydroxylation is 2. The summed E-state index contributed by atoms with van der Waals surface area (Å²) in [5.41, 5.74) is -0.829. The fraction of sp³-hybridized carbons (Fsp3) is 0.516. The quantitative estimate of drug-likeness (QED) is 0.0295. The minimum atomic E-state index is -4.26. The number of para-hydroxylation sites is 1. The van der Waals surface area contributed by atoms with Gasteiger partial charge in [0.1, 0.15) is 11.2 Å². The Balaban J connectivity index is 1.24. The van der Waals surface area contributed by atoms with Crippen LogP contribution in [0.2, 0.25) is 19.6 Å². The second-order valence-electron chi connectivity index (χ2n) is 24.7. The molecule has 1 aromatic heterocycles. The molecule has 18 heteroatoms. The number of hydrogen-bond donors (Lipinski definition) is 2. The van der Waals surface area contributed by atoms with Gasteiger partial charge in [-0.25, -0.2) is 4.79 Å². The van der Waals surface area contributed by atoms with Gasteiger partial charge in [0.15, 0.2) is 14.4 Å². The Morgan fingerprint density at radius 2 is 1.60 bits per heavy atom. The summed E-state index contributed by atoms with van der Waals surface area (Å²) in [5.74, 6) is -2.15. The number of benzene rings is 4. The van der Waals surface area contributed by atoms with E-state index >= 15 is 4.79 Å². The number of H-pyrrole nitrogens is 1. The fourth-order valence-electron chi connectivity index (χ4n) is 15.9. The standard InChI is InChI=1S/C64H82N4O12SSi/c1-12-60(80-82(9,10)11,41-78-81(73,74)46-28-26-42(3)27-29-46)37-45-38-63(58(70)76-7,54-48(47-23-17-18-25-51(47)65-54)24-19-32-67(40-45)39-44-21-15-14-16-22-44)50-35-49-52(36-53(50)75-6)66(5)56-62(49)31-34-68-33-20-30-61(13-2,55(62)68)57(79-43(4)69)64(56,72)59(71)77-8/h14-18,20-23,25-30,35-36,45,55-57,65,72H,12-13,19,24,31-34,37-41H2,1-11H3/t45-,55-,56+,57+,60-,61+,62+,63-,64-/m0/s1. The topological polar surface area (TPSA) is 186 Å². The minimum Gasteiger partial charge on any atom is -0.496 e. The molecule has 0 bridgehead atoms. The molecular weight excluding hydrogens is 1080 g/mol. The fourth-order valence-corrected chi connectivity index (χ4v) is 18.4. The van der Waals surface area contributed by atoms with Crippen LogP contribution in [0.3, 0.4) is 0 Å². The van der Waals surface area contributed by atoms with Gasteiger partial charge in [-0.3, -0.25) is 23.6 Å². The van der Waals surface area contributed by atoms with E-state index < -0.39 is 87.9 Å². The van der Waals surface area contributed by atoms with Crippen LogP contribution in [0.25, 0.3) is 10.9 Å². The lowest BCUT2D eigenvalue weighted by Gasteiger charge is -2.63. The Labute approximate surface area is 484 Å². The number of anilines is 1. The molecule has 0 amide bonds. The number of methoxy groups -OCH3 is 3. The number of nitrogens with zero attached hydrogens (tertiary/aromatic N) is 3. The van der Waals surface area contributed by atoms with E-state index in [9.17, 15) is 23.1 Å². The Morgan fingerprint density at radius 1 is 0.890 bits per heavy atom. The van der Waals surface area contributed by atoms with Crippen molar-refractivity contribution in [2.45, 2.75) is 144 Å². The van der Waals surface area contributed by atoms with Gasteiger partial charge in [0, 0.05) is 84.4 Å². The van der Waals surface area contributed by atoms with E-state index in [1.54, 1.807) is 31.4 Å². The van der Waals surface area contributed by atoms with E-state index in [1.807, 2.05) is 87.3 Å². The maximum atomic E-state index is 16.4. The molecule has 2 fully saturated rings. The van der Waals surface area contributed by atoms with Crippen LogP contribution in [-0.4, -0.2) is 145 Å². The molecule has 5 aromatic rings. The van der Waals surface area contributed by atoms with Gasteiger partial charge in [0.05, 0.1) is 44.5 Å². The Bertz CT molecular complexity index is 3370. The van der Waals surface area contributed by atoms with E-state index in [4.69, 9.17) is 27.6 Å². The van der Waals surface area contributed by atoms with Gasteiger partial charge in [-0.15, -0.1) is 0 Å². The summed E-state index contributed by atoms with van der Waals surface area (Å²) >= 11 is 0. The Morgan fingerprint density at radius 3 is 2.26 bits per heavy atom. The van der Waals surface area contributed by atoms with Crippen molar-refractivity contribution in [2.75, 3.05) is 66.1 Å². The molecule has 1 saturated heterocycles. The molecule has 1 spiro atoms. The monoisotopic (exact) mass is 1160 g/mol. The van der Waals surface area contributed by atoms with Crippen molar-refractivity contribution in [3.8, 4) is 5.75 Å². The second kappa shape index (κ2) is 22.3. The molecule has 2 N–H and O–H groups in total. The molecule has 4 aromatic carbocycles. The highest BCUT2D eigenvalue weighted by Crippen LogP contribution is 2.68. The average molecular weight is 1160 g/mol. The van der Waals surface area contributed by atoms with E-state index in [1.165, 1.54) is 21.1 Å². The van der Waals surface area contributed by atoms with Crippen molar-refractivity contribution in [1.82, 2.24) is 14.8 Å². The molecular formula is C64H82N4O12SSi. The predicted octanol–water partition coefficient (Wildman–Crippen LogP) is 9.14. The number of hydrogen-bond acceptors (Lipinski definition) is 15. The molecule has 82 heavy (non-hydrogen) atoms. The lowest BCUT2D eigenvalue weighted by Crippen LogP contribution is -2.81. The highest BCUT2D eigenvalue weighted by atomic mass is 32.2. The summed E-state index contributed by atoms with van der Waals surface area (Å²) in [6, 6.07) is 27.7. The van der Waals surface area contributed by atoms with Crippen molar-refractivity contribution in [3.05, 3.63) is 137 Å². The number of likely N-dealkylation sites (N-methyl/N-ethyl adjacent to an activating group) is 1. The third kappa shape index (κ3) is 9.80. The van der Waals surface area contributed by atoms with Crippen molar-refractivity contribution in [2.24, 2.45) is 11.3 Å². The number of fused-ring (bicyclic) bond motifs is 4. The third-order valence-corrected chi connectivity index (χ3v) is 21.2. The summed E-state index contributed by atoms with van der Waals surface area (Å²) in [4.78, 5) is 55.2. The zero-order chi connectivity index (χ0) is 58.8. The lowest BCUT2D eigenvalue weighted by atomic mass is 9.47. The maximum Gasteiger partial charge on any atom is 0.344 e. The Hall–Kier alpha value is -5.86.